The molecule has 0 aliphatic heterocycles. The maximum absolute atomic E-state index is 5.67. The summed E-state index contributed by atoms with van der Waals surface area (Å²) < 4.78 is 5.10. The summed E-state index contributed by atoms with van der Waals surface area (Å²) in [7, 11) is 1.68. The first-order chi connectivity index (χ1) is 7.26. The number of aromatic nitrogens is 1. The smallest absolute Gasteiger partial charge is 0.185 e. The number of thiazole rings is 1. The van der Waals surface area contributed by atoms with Crippen molar-refractivity contribution in [2.45, 2.75) is 27.0 Å². The van der Waals surface area contributed by atoms with Gasteiger partial charge in [-0.25, -0.2) is 4.98 Å². The highest BCUT2D eigenvalue weighted by atomic mass is 32.1. The van der Waals surface area contributed by atoms with Gasteiger partial charge >= 0.3 is 0 Å². The fourth-order valence-electron chi connectivity index (χ4n) is 1.41. The molecule has 0 bridgehead atoms. The lowest BCUT2D eigenvalue weighted by Gasteiger charge is -2.16. The topological polar surface area (TPSA) is 51.4 Å². The first-order valence-corrected chi connectivity index (χ1v) is 6.00. The number of methoxy groups -OCH3 is 1. The highest BCUT2D eigenvalue weighted by Crippen LogP contribution is 2.26. The van der Waals surface area contributed by atoms with Gasteiger partial charge in [0, 0.05) is 31.6 Å². The first-order valence-electron chi connectivity index (χ1n) is 5.19. The van der Waals surface area contributed by atoms with Crippen molar-refractivity contribution in [1.29, 1.82) is 0 Å². The zero-order valence-corrected chi connectivity index (χ0v) is 10.4. The van der Waals surface area contributed by atoms with Crippen molar-refractivity contribution < 1.29 is 4.74 Å². The van der Waals surface area contributed by atoms with Gasteiger partial charge in [-0.05, 0) is 13.8 Å². The number of nitrogens with zero attached hydrogens (tertiary/aromatic N) is 2. The molecule has 1 aromatic heterocycles. The van der Waals surface area contributed by atoms with Crippen LogP contribution in [0.1, 0.15) is 24.4 Å². The van der Waals surface area contributed by atoms with Crippen LogP contribution in [-0.4, -0.2) is 25.2 Å². The molecule has 0 aromatic carbocycles. The molecule has 1 aromatic rings. The Hall–Kier alpha value is -0.650. The summed E-state index contributed by atoms with van der Waals surface area (Å²) in [6.45, 7) is 7.29. The van der Waals surface area contributed by atoms with E-state index < -0.39 is 0 Å². The van der Waals surface area contributed by atoms with Gasteiger partial charge in [0.05, 0.1) is 12.3 Å². The first kappa shape index (κ1) is 12.4. The van der Waals surface area contributed by atoms with Crippen LogP contribution < -0.4 is 10.6 Å². The normalized spacial score (nSPS) is 10.7. The van der Waals surface area contributed by atoms with Crippen LogP contribution in [0.3, 0.4) is 0 Å². The molecule has 4 nitrogen and oxygen atoms in total. The minimum Gasteiger partial charge on any atom is -0.378 e. The van der Waals surface area contributed by atoms with Gasteiger partial charge < -0.3 is 15.4 Å². The molecule has 1 rings (SSSR count). The zero-order valence-electron chi connectivity index (χ0n) is 9.62. The van der Waals surface area contributed by atoms with E-state index in [0.29, 0.717) is 13.2 Å². The Morgan fingerprint density at radius 3 is 2.53 bits per heavy atom. The molecule has 5 heteroatoms. The Bertz CT molecular complexity index is 297. The average molecular weight is 229 g/mol. The number of rotatable bonds is 6. The van der Waals surface area contributed by atoms with E-state index in [0.717, 1.165) is 28.8 Å². The number of hydrogen-bond donors (Lipinski definition) is 1. The summed E-state index contributed by atoms with van der Waals surface area (Å²) in [4.78, 5) is 7.90. The molecule has 0 spiro atoms. The maximum Gasteiger partial charge on any atom is 0.185 e. The fraction of sp³-hybridized carbons (Fsp3) is 0.700. The maximum atomic E-state index is 5.67. The van der Waals surface area contributed by atoms with Gasteiger partial charge in [-0.2, -0.15) is 0 Å². The Labute approximate surface area is 95.1 Å². The Balaban J connectivity index is 2.90. The molecule has 0 radical (unpaired) electrons. The highest BCUT2D eigenvalue weighted by molar-refractivity contribution is 7.15. The highest BCUT2D eigenvalue weighted by Gasteiger charge is 2.13. The average Bonchev–Trinajstić information content (AvgIpc) is 2.64. The number of anilines is 1. The predicted molar refractivity (Wildman–Crippen MR) is 64.3 cm³/mol. The lowest BCUT2D eigenvalue weighted by molar-refractivity contribution is 0.181. The summed E-state index contributed by atoms with van der Waals surface area (Å²) in [5.41, 5.74) is 6.65. The van der Waals surface area contributed by atoms with Gasteiger partial charge in [-0.15, -0.1) is 11.3 Å². The van der Waals surface area contributed by atoms with Crippen LogP contribution in [0.2, 0.25) is 0 Å². The van der Waals surface area contributed by atoms with Gasteiger partial charge in [0.25, 0.3) is 0 Å². The van der Waals surface area contributed by atoms with Crippen LogP contribution in [0.5, 0.6) is 0 Å². The van der Waals surface area contributed by atoms with E-state index in [1.165, 1.54) is 0 Å². The molecule has 86 valence electrons. The van der Waals surface area contributed by atoms with Crippen LogP contribution >= 0.6 is 11.3 Å². The molecule has 0 saturated heterocycles. The molecule has 0 aliphatic rings. The largest absolute Gasteiger partial charge is 0.378 e. The molecule has 0 unspecified atom stereocenters. The van der Waals surface area contributed by atoms with E-state index in [2.05, 4.69) is 23.7 Å². The van der Waals surface area contributed by atoms with Gasteiger partial charge in [0.1, 0.15) is 0 Å². The van der Waals surface area contributed by atoms with Crippen LogP contribution in [0.25, 0.3) is 0 Å². The lowest BCUT2D eigenvalue weighted by Crippen LogP contribution is -2.21. The molecular weight excluding hydrogens is 210 g/mol. The Morgan fingerprint density at radius 2 is 2.07 bits per heavy atom. The van der Waals surface area contributed by atoms with Crippen molar-refractivity contribution in [2.75, 3.05) is 25.1 Å². The van der Waals surface area contributed by atoms with E-state index in [1.807, 2.05) is 0 Å². The Morgan fingerprint density at radius 1 is 1.40 bits per heavy atom. The molecule has 1 heterocycles. The molecule has 0 aliphatic carbocycles. The van der Waals surface area contributed by atoms with Gasteiger partial charge in [-0.1, -0.05) is 0 Å². The summed E-state index contributed by atoms with van der Waals surface area (Å²) in [6.07, 6.45) is 0. The number of hydrogen-bond acceptors (Lipinski definition) is 5. The quantitative estimate of drug-likeness (QED) is 0.805. The second-order valence-electron chi connectivity index (χ2n) is 3.18. The van der Waals surface area contributed by atoms with Crippen LogP contribution in [0.15, 0.2) is 0 Å². The Kier molecular flexibility index (Phi) is 5.01. The van der Waals surface area contributed by atoms with Crippen molar-refractivity contribution in [3.63, 3.8) is 0 Å². The van der Waals surface area contributed by atoms with Crippen LogP contribution in [0, 0.1) is 0 Å². The van der Waals surface area contributed by atoms with Crippen LogP contribution in [-0.2, 0) is 17.9 Å². The van der Waals surface area contributed by atoms with E-state index in [4.69, 9.17) is 10.5 Å². The molecular formula is C10H19N3OS. The molecule has 0 saturated carbocycles. The SMILES string of the molecule is CCN(CC)c1nc(COC)c(CN)s1. The van der Waals surface area contributed by atoms with E-state index in [-0.39, 0.29) is 0 Å². The third-order valence-corrected chi connectivity index (χ3v) is 3.45. The van der Waals surface area contributed by atoms with E-state index in [1.54, 1.807) is 18.4 Å². The standard InChI is InChI=1S/C10H19N3OS/c1-4-13(5-2)10-12-8(7-14-3)9(6-11)15-10/h4-7,11H2,1-3H3. The third-order valence-electron chi connectivity index (χ3n) is 2.27. The third kappa shape index (κ3) is 2.90. The summed E-state index contributed by atoms with van der Waals surface area (Å²) in [5.74, 6) is 0. The van der Waals surface area contributed by atoms with Crippen molar-refractivity contribution in [2.24, 2.45) is 5.73 Å². The van der Waals surface area contributed by atoms with Crippen molar-refractivity contribution in [1.82, 2.24) is 4.98 Å². The summed E-state index contributed by atoms with van der Waals surface area (Å²) in [6, 6.07) is 0. The van der Waals surface area contributed by atoms with Crippen molar-refractivity contribution in [3.8, 4) is 0 Å². The molecule has 2 N–H and O–H groups in total. The number of nitrogens with two attached hydrogens (primary N) is 1. The van der Waals surface area contributed by atoms with Gasteiger partial charge in [0.2, 0.25) is 0 Å². The van der Waals surface area contributed by atoms with Crippen molar-refractivity contribution >= 4 is 16.5 Å². The fourth-order valence-corrected chi connectivity index (χ4v) is 2.48. The van der Waals surface area contributed by atoms with Gasteiger partial charge in [-0.3, -0.25) is 0 Å². The molecule has 0 amide bonds. The number of ether oxygens (including phenoxy) is 1. The van der Waals surface area contributed by atoms with Crippen LogP contribution in [0.4, 0.5) is 5.13 Å². The van der Waals surface area contributed by atoms with E-state index in [9.17, 15) is 0 Å². The lowest BCUT2D eigenvalue weighted by atomic mass is 10.4. The zero-order chi connectivity index (χ0) is 11.3. The summed E-state index contributed by atoms with van der Waals surface area (Å²) >= 11 is 1.67. The van der Waals surface area contributed by atoms with Gasteiger partial charge in [0.15, 0.2) is 5.13 Å². The predicted octanol–water partition coefficient (Wildman–Crippen LogP) is 1.59. The van der Waals surface area contributed by atoms with E-state index >= 15 is 0 Å². The molecule has 0 fully saturated rings. The second-order valence-corrected chi connectivity index (χ2v) is 4.24. The molecule has 15 heavy (non-hydrogen) atoms. The minimum absolute atomic E-state index is 0.539. The summed E-state index contributed by atoms with van der Waals surface area (Å²) in [5, 5.41) is 1.05. The van der Waals surface area contributed by atoms with Crippen molar-refractivity contribution in [3.05, 3.63) is 10.6 Å². The molecule has 0 atom stereocenters. The second kappa shape index (κ2) is 6.05. The minimum atomic E-state index is 0.539. The monoisotopic (exact) mass is 229 g/mol.